The zero-order valence-electron chi connectivity index (χ0n) is 13.0. The average molecular weight is 330 g/mol. The summed E-state index contributed by atoms with van der Waals surface area (Å²) in [6.07, 6.45) is 3.80. The van der Waals surface area contributed by atoms with E-state index in [-0.39, 0.29) is 24.4 Å². The molecule has 2 aliphatic rings. The summed E-state index contributed by atoms with van der Waals surface area (Å²) in [5, 5.41) is 7.44. The molecule has 1 aromatic heterocycles. The highest BCUT2D eigenvalue weighted by Crippen LogP contribution is 2.19. The summed E-state index contributed by atoms with van der Waals surface area (Å²) in [4.78, 5) is 20.6. The van der Waals surface area contributed by atoms with Crippen LogP contribution < -0.4 is 5.32 Å². The molecule has 3 rings (SSSR count). The molecule has 0 bridgehead atoms. The number of rotatable bonds is 3. The largest absolute Gasteiger partial charge is 0.337 e. The van der Waals surface area contributed by atoms with Crippen LogP contribution in [0.2, 0.25) is 0 Å². The first-order chi connectivity index (χ1) is 10.2. The Morgan fingerprint density at radius 3 is 3.00 bits per heavy atom. The van der Waals surface area contributed by atoms with Gasteiger partial charge in [0, 0.05) is 32.6 Å². The first kappa shape index (κ1) is 17.2. The van der Waals surface area contributed by atoms with Crippen molar-refractivity contribution in [3.63, 3.8) is 0 Å². The maximum atomic E-state index is 12.0. The quantitative estimate of drug-likeness (QED) is 0.890. The molecule has 2 saturated heterocycles. The van der Waals surface area contributed by atoms with Gasteiger partial charge in [-0.1, -0.05) is 11.6 Å². The van der Waals surface area contributed by atoms with E-state index in [1.165, 1.54) is 0 Å². The monoisotopic (exact) mass is 329 g/mol. The van der Waals surface area contributed by atoms with Gasteiger partial charge in [0.2, 0.25) is 11.8 Å². The molecular weight excluding hydrogens is 306 g/mol. The molecule has 0 spiro atoms. The number of nitrogens with zero attached hydrogens (tertiary/aromatic N) is 4. The van der Waals surface area contributed by atoms with Crippen molar-refractivity contribution in [2.45, 2.75) is 38.3 Å². The van der Waals surface area contributed by atoms with Gasteiger partial charge in [0.15, 0.2) is 5.82 Å². The molecular formula is C14H24ClN5O2. The Bertz CT molecular complexity index is 495. The summed E-state index contributed by atoms with van der Waals surface area (Å²) in [6.45, 7) is 4.02. The van der Waals surface area contributed by atoms with Gasteiger partial charge >= 0.3 is 0 Å². The third kappa shape index (κ3) is 3.97. The van der Waals surface area contributed by atoms with Crippen LogP contribution in [0.5, 0.6) is 0 Å². The lowest BCUT2D eigenvalue weighted by molar-refractivity contribution is -0.131. The van der Waals surface area contributed by atoms with Gasteiger partial charge in [0.25, 0.3) is 0 Å². The van der Waals surface area contributed by atoms with Gasteiger partial charge < -0.3 is 14.7 Å². The average Bonchev–Trinajstić information content (AvgIpc) is 2.85. The zero-order chi connectivity index (χ0) is 14.7. The number of likely N-dealkylation sites (tertiary alicyclic amines) is 1. The Labute approximate surface area is 136 Å². The van der Waals surface area contributed by atoms with Gasteiger partial charge in [-0.3, -0.25) is 9.69 Å². The van der Waals surface area contributed by atoms with Crippen molar-refractivity contribution in [1.29, 1.82) is 0 Å². The summed E-state index contributed by atoms with van der Waals surface area (Å²) >= 11 is 0. The van der Waals surface area contributed by atoms with Crippen molar-refractivity contribution in [3.8, 4) is 0 Å². The van der Waals surface area contributed by atoms with Crippen LogP contribution in [0.4, 0.5) is 0 Å². The number of carbonyl (C=O) groups is 1. The highest BCUT2D eigenvalue weighted by Gasteiger charge is 2.26. The molecule has 0 radical (unpaired) electrons. The fraction of sp³-hybridized carbons (Fsp3) is 0.786. The van der Waals surface area contributed by atoms with Crippen LogP contribution in [-0.4, -0.2) is 59.1 Å². The number of halogens is 1. The van der Waals surface area contributed by atoms with E-state index < -0.39 is 0 Å². The standard InChI is InChI=1S/C14H23N5O2.ClH/c1-18-8-6-15-9-11(18)14-16-12(21-17-14)10-19-7-4-2-3-5-13(19)20;/h11,15H,2-10H2,1H3;1H. The molecule has 1 unspecified atom stereocenters. The third-order valence-electron chi connectivity index (χ3n) is 4.29. The lowest BCUT2D eigenvalue weighted by Gasteiger charge is -2.30. The number of piperazine rings is 1. The van der Waals surface area contributed by atoms with E-state index >= 15 is 0 Å². The van der Waals surface area contributed by atoms with E-state index in [9.17, 15) is 4.79 Å². The summed E-state index contributed by atoms with van der Waals surface area (Å²) in [5.74, 6) is 1.45. The second kappa shape index (κ2) is 7.89. The molecule has 0 aliphatic carbocycles. The molecule has 7 nitrogen and oxygen atoms in total. The maximum Gasteiger partial charge on any atom is 0.246 e. The van der Waals surface area contributed by atoms with Crippen LogP contribution in [0.15, 0.2) is 4.52 Å². The predicted molar refractivity (Wildman–Crippen MR) is 83.7 cm³/mol. The van der Waals surface area contributed by atoms with Crippen LogP contribution in [0.1, 0.15) is 43.4 Å². The second-order valence-electron chi connectivity index (χ2n) is 5.87. The van der Waals surface area contributed by atoms with E-state index in [2.05, 4.69) is 27.4 Å². The van der Waals surface area contributed by atoms with Crippen molar-refractivity contribution < 1.29 is 9.32 Å². The van der Waals surface area contributed by atoms with Crippen LogP contribution in [-0.2, 0) is 11.3 Å². The highest BCUT2D eigenvalue weighted by atomic mass is 35.5. The minimum atomic E-state index is 0. The van der Waals surface area contributed by atoms with Crippen molar-refractivity contribution in [2.75, 3.05) is 33.2 Å². The minimum absolute atomic E-state index is 0. The molecule has 1 atom stereocenters. The third-order valence-corrected chi connectivity index (χ3v) is 4.29. The van der Waals surface area contributed by atoms with E-state index in [4.69, 9.17) is 4.52 Å². The molecule has 1 amide bonds. The smallest absolute Gasteiger partial charge is 0.246 e. The van der Waals surface area contributed by atoms with E-state index in [0.29, 0.717) is 24.7 Å². The Morgan fingerprint density at radius 1 is 1.32 bits per heavy atom. The van der Waals surface area contributed by atoms with E-state index in [0.717, 1.165) is 45.4 Å². The Kier molecular flexibility index (Phi) is 6.16. The van der Waals surface area contributed by atoms with Gasteiger partial charge in [-0.05, 0) is 19.9 Å². The normalized spacial score (nSPS) is 24.0. The first-order valence-electron chi connectivity index (χ1n) is 7.75. The molecule has 2 fully saturated rings. The molecule has 1 aromatic rings. The lowest BCUT2D eigenvalue weighted by Crippen LogP contribution is -2.44. The molecule has 8 heteroatoms. The predicted octanol–water partition coefficient (Wildman–Crippen LogP) is 0.970. The van der Waals surface area contributed by atoms with E-state index in [1.807, 2.05) is 4.90 Å². The van der Waals surface area contributed by atoms with Crippen LogP contribution in [0, 0.1) is 0 Å². The van der Waals surface area contributed by atoms with Crippen LogP contribution in [0.3, 0.4) is 0 Å². The first-order valence-corrected chi connectivity index (χ1v) is 7.75. The molecule has 2 aliphatic heterocycles. The Hall–Kier alpha value is -1.18. The van der Waals surface area contributed by atoms with E-state index in [1.54, 1.807) is 0 Å². The van der Waals surface area contributed by atoms with Gasteiger partial charge in [-0.25, -0.2) is 0 Å². The topological polar surface area (TPSA) is 74.5 Å². The summed E-state index contributed by atoms with van der Waals surface area (Å²) in [7, 11) is 2.07. The minimum Gasteiger partial charge on any atom is -0.337 e. The number of amides is 1. The lowest BCUT2D eigenvalue weighted by atomic mass is 10.2. The van der Waals surface area contributed by atoms with Gasteiger partial charge in [0.05, 0.1) is 12.6 Å². The second-order valence-corrected chi connectivity index (χ2v) is 5.87. The fourth-order valence-corrected chi connectivity index (χ4v) is 2.93. The molecule has 124 valence electrons. The highest BCUT2D eigenvalue weighted by molar-refractivity contribution is 5.85. The molecule has 1 N–H and O–H groups in total. The molecule has 0 saturated carbocycles. The number of aromatic nitrogens is 2. The number of hydrogen-bond acceptors (Lipinski definition) is 6. The summed E-state index contributed by atoms with van der Waals surface area (Å²) in [6, 6.07) is 0.149. The summed E-state index contributed by atoms with van der Waals surface area (Å²) in [5.41, 5.74) is 0. The number of hydrogen-bond donors (Lipinski definition) is 1. The van der Waals surface area contributed by atoms with Crippen molar-refractivity contribution in [2.24, 2.45) is 0 Å². The van der Waals surface area contributed by atoms with Crippen LogP contribution >= 0.6 is 12.4 Å². The van der Waals surface area contributed by atoms with Crippen LogP contribution in [0.25, 0.3) is 0 Å². The number of likely N-dealkylation sites (N-methyl/N-ethyl adjacent to an activating group) is 1. The van der Waals surface area contributed by atoms with Crippen molar-refractivity contribution in [1.82, 2.24) is 25.3 Å². The Morgan fingerprint density at radius 2 is 2.18 bits per heavy atom. The number of carbonyl (C=O) groups excluding carboxylic acids is 1. The number of nitrogens with one attached hydrogen (secondary N) is 1. The van der Waals surface area contributed by atoms with Crippen molar-refractivity contribution >= 4 is 18.3 Å². The SMILES string of the molecule is CN1CCNCC1c1noc(CN2CCCCCC2=O)n1.Cl. The zero-order valence-corrected chi connectivity index (χ0v) is 13.8. The molecule has 3 heterocycles. The molecule has 0 aromatic carbocycles. The van der Waals surface area contributed by atoms with Gasteiger partial charge in [-0.2, -0.15) is 4.98 Å². The van der Waals surface area contributed by atoms with Gasteiger partial charge in [-0.15, -0.1) is 12.4 Å². The molecule has 22 heavy (non-hydrogen) atoms. The van der Waals surface area contributed by atoms with Gasteiger partial charge in [0.1, 0.15) is 0 Å². The fourth-order valence-electron chi connectivity index (χ4n) is 2.93. The Balaban J connectivity index is 0.00000176. The summed E-state index contributed by atoms with van der Waals surface area (Å²) < 4.78 is 5.35. The maximum absolute atomic E-state index is 12.0. The van der Waals surface area contributed by atoms with Crippen molar-refractivity contribution in [3.05, 3.63) is 11.7 Å².